The summed E-state index contributed by atoms with van der Waals surface area (Å²) in [6.45, 7) is 0.543. The fourth-order valence-electron chi connectivity index (χ4n) is 2.17. The van der Waals surface area contributed by atoms with E-state index < -0.39 is 36.2 Å². The van der Waals surface area contributed by atoms with Gasteiger partial charge in [0.2, 0.25) is 11.8 Å². The topological polar surface area (TPSA) is 69.6 Å². The van der Waals surface area contributed by atoms with Crippen LogP contribution in [0.25, 0.3) is 0 Å². The molecule has 1 fully saturated rings. The summed E-state index contributed by atoms with van der Waals surface area (Å²) >= 11 is 0. The molecule has 1 heterocycles. The second kappa shape index (κ2) is 5.36. The van der Waals surface area contributed by atoms with Crippen molar-refractivity contribution in [1.82, 2.24) is 5.32 Å². The number of amides is 2. The van der Waals surface area contributed by atoms with E-state index in [4.69, 9.17) is 5.11 Å². The van der Waals surface area contributed by atoms with Crippen molar-refractivity contribution in [3.05, 3.63) is 29.3 Å². The Labute approximate surface area is 118 Å². The summed E-state index contributed by atoms with van der Waals surface area (Å²) in [5, 5.41) is 11.1. The van der Waals surface area contributed by atoms with Crippen LogP contribution in [0.2, 0.25) is 0 Å². The molecule has 2 N–H and O–H groups in total. The van der Waals surface area contributed by atoms with Gasteiger partial charge in [-0.3, -0.25) is 14.9 Å². The van der Waals surface area contributed by atoms with Gasteiger partial charge in [-0.15, -0.1) is 0 Å². The Balaban J connectivity index is 2.45. The highest BCUT2D eigenvalue weighted by Crippen LogP contribution is 2.35. The van der Waals surface area contributed by atoms with Gasteiger partial charge in [0.05, 0.1) is 18.7 Å². The summed E-state index contributed by atoms with van der Waals surface area (Å²) in [5.41, 5.74) is -1.13. The molecule has 8 heteroatoms. The molecular weight excluding hydrogens is 289 g/mol. The van der Waals surface area contributed by atoms with Crippen LogP contribution in [-0.4, -0.2) is 29.5 Å². The van der Waals surface area contributed by atoms with Gasteiger partial charge in [-0.2, -0.15) is 13.2 Å². The number of anilines is 1. The SMILES string of the molecule is CC1C(=O)NC(=O)CN1c1ccc(CO)c(C(F)(F)F)c1. The molecule has 0 bridgehead atoms. The monoisotopic (exact) mass is 302 g/mol. The predicted molar refractivity (Wildman–Crippen MR) is 67.3 cm³/mol. The maximum atomic E-state index is 13.0. The van der Waals surface area contributed by atoms with Crippen LogP contribution in [0.1, 0.15) is 18.1 Å². The fraction of sp³-hybridized carbons (Fsp3) is 0.385. The van der Waals surface area contributed by atoms with Gasteiger partial charge in [0.25, 0.3) is 0 Å². The van der Waals surface area contributed by atoms with Crippen LogP contribution in [0.4, 0.5) is 18.9 Å². The Hall–Kier alpha value is -2.09. The van der Waals surface area contributed by atoms with Gasteiger partial charge in [-0.1, -0.05) is 6.07 Å². The van der Waals surface area contributed by atoms with Crippen molar-refractivity contribution in [2.45, 2.75) is 25.7 Å². The van der Waals surface area contributed by atoms with E-state index in [1.54, 1.807) is 0 Å². The van der Waals surface area contributed by atoms with E-state index >= 15 is 0 Å². The van der Waals surface area contributed by atoms with Crippen molar-refractivity contribution in [1.29, 1.82) is 0 Å². The minimum absolute atomic E-state index is 0.107. The van der Waals surface area contributed by atoms with Crippen LogP contribution >= 0.6 is 0 Å². The first-order valence-corrected chi connectivity index (χ1v) is 6.15. The first kappa shape index (κ1) is 15.3. The standard InChI is InChI=1S/C13H13F3N2O3/c1-7-12(21)17-11(20)5-18(7)9-3-2-8(6-19)10(4-9)13(14,15)16/h2-4,7,19H,5-6H2,1H3,(H,17,20,21). The van der Waals surface area contributed by atoms with Crippen molar-refractivity contribution >= 4 is 17.5 Å². The molecule has 1 aliphatic rings. The fourth-order valence-corrected chi connectivity index (χ4v) is 2.17. The molecule has 0 aromatic heterocycles. The second-order valence-corrected chi connectivity index (χ2v) is 4.71. The maximum Gasteiger partial charge on any atom is 0.416 e. The van der Waals surface area contributed by atoms with Crippen molar-refractivity contribution < 1.29 is 27.9 Å². The van der Waals surface area contributed by atoms with Gasteiger partial charge < -0.3 is 10.0 Å². The van der Waals surface area contributed by atoms with Crippen LogP contribution in [0, 0.1) is 0 Å². The van der Waals surface area contributed by atoms with Crippen molar-refractivity contribution in [3.8, 4) is 0 Å². The number of imide groups is 1. The Morgan fingerprint density at radius 3 is 2.62 bits per heavy atom. The zero-order valence-corrected chi connectivity index (χ0v) is 11.1. The highest BCUT2D eigenvalue weighted by molar-refractivity contribution is 6.04. The molecule has 2 amide bonds. The molecule has 1 aromatic rings. The Morgan fingerprint density at radius 1 is 1.38 bits per heavy atom. The Kier molecular flexibility index (Phi) is 3.91. The summed E-state index contributed by atoms with van der Waals surface area (Å²) < 4.78 is 38.9. The van der Waals surface area contributed by atoms with E-state index in [9.17, 15) is 22.8 Å². The van der Waals surface area contributed by atoms with E-state index in [0.29, 0.717) is 0 Å². The number of carbonyl (C=O) groups excluding carboxylic acids is 2. The number of aliphatic hydroxyl groups is 1. The molecular formula is C13H13F3N2O3. The first-order chi connectivity index (χ1) is 9.74. The maximum absolute atomic E-state index is 13.0. The average molecular weight is 302 g/mol. The number of alkyl halides is 3. The van der Waals surface area contributed by atoms with E-state index in [2.05, 4.69) is 5.32 Å². The lowest BCUT2D eigenvalue weighted by Gasteiger charge is -2.34. The summed E-state index contributed by atoms with van der Waals surface area (Å²) in [5.74, 6) is -1.14. The number of carbonyl (C=O) groups is 2. The lowest BCUT2D eigenvalue weighted by atomic mass is 10.0. The van der Waals surface area contributed by atoms with Crippen molar-refractivity contribution in [3.63, 3.8) is 0 Å². The lowest BCUT2D eigenvalue weighted by Crippen LogP contribution is -2.57. The number of hydrogen-bond donors (Lipinski definition) is 2. The summed E-state index contributed by atoms with van der Waals surface area (Å²) in [6.07, 6.45) is -4.63. The first-order valence-electron chi connectivity index (χ1n) is 6.15. The third kappa shape index (κ3) is 2.99. The average Bonchev–Trinajstić information content (AvgIpc) is 2.41. The summed E-state index contributed by atoms with van der Waals surface area (Å²) in [7, 11) is 0. The quantitative estimate of drug-likeness (QED) is 0.801. The third-order valence-corrected chi connectivity index (χ3v) is 3.32. The van der Waals surface area contributed by atoms with Crippen LogP contribution in [0.3, 0.4) is 0 Å². The van der Waals surface area contributed by atoms with E-state index in [0.717, 1.165) is 12.1 Å². The van der Waals surface area contributed by atoms with Crippen LogP contribution < -0.4 is 10.2 Å². The largest absolute Gasteiger partial charge is 0.416 e. The highest BCUT2D eigenvalue weighted by Gasteiger charge is 2.36. The number of hydrogen-bond acceptors (Lipinski definition) is 4. The van der Waals surface area contributed by atoms with Crippen molar-refractivity contribution in [2.75, 3.05) is 11.4 Å². The minimum Gasteiger partial charge on any atom is -0.392 e. The number of halogens is 3. The van der Waals surface area contributed by atoms with E-state index in [1.165, 1.54) is 17.9 Å². The summed E-state index contributed by atoms with van der Waals surface area (Å²) in [4.78, 5) is 24.2. The smallest absolute Gasteiger partial charge is 0.392 e. The zero-order chi connectivity index (χ0) is 15.8. The third-order valence-electron chi connectivity index (χ3n) is 3.32. The number of rotatable bonds is 2. The molecule has 5 nitrogen and oxygen atoms in total. The van der Waals surface area contributed by atoms with Crippen LogP contribution in [0.5, 0.6) is 0 Å². The van der Waals surface area contributed by atoms with Crippen molar-refractivity contribution in [2.24, 2.45) is 0 Å². The Bertz CT molecular complexity index is 587. The number of aliphatic hydroxyl groups excluding tert-OH is 1. The van der Waals surface area contributed by atoms with Crippen LogP contribution in [0.15, 0.2) is 18.2 Å². The zero-order valence-electron chi connectivity index (χ0n) is 11.1. The lowest BCUT2D eigenvalue weighted by molar-refractivity contribution is -0.138. The second-order valence-electron chi connectivity index (χ2n) is 4.71. The molecule has 1 unspecified atom stereocenters. The molecule has 1 aromatic carbocycles. The van der Waals surface area contributed by atoms with Crippen LogP contribution in [-0.2, 0) is 22.4 Å². The normalized spacial score (nSPS) is 19.7. The molecule has 0 saturated carbocycles. The number of benzene rings is 1. The Morgan fingerprint density at radius 2 is 2.05 bits per heavy atom. The van der Waals surface area contributed by atoms with E-state index in [-0.39, 0.29) is 17.8 Å². The van der Waals surface area contributed by atoms with Gasteiger partial charge >= 0.3 is 6.18 Å². The predicted octanol–water partition coefficient (Wildman–Crippen LogP) is 1.05. The van der Waals surface area contributed by atoms with Gasteiger partial charge in [0, 0.05) is 5.69 Å². The molecule has 1 saturated heterocycles. The number of piperazine rings is 1. The molecule has 1 atom stereocenters. The minimum atomic E-state index is -4.63. The number of nitrogens with zero attached hydrogens (tertiary/aromatic N) is 1. The molecule has 2 rings (SSSR count). The van der Waals surface area contributed by atoms with Gasteiger partial charge in [-0.05, 0) is 24.6 Å². The van der Waals surface area contributed by atoms with Gasteiger partial charge in [0.15, 0.2) is 0 Å². The molecule has 21 heavy (non-hydrogen) atoms. The highest BCUT2D eigenvalue weighted by atomic mass is 19.4. The molecule has 0 radical (unpaired) electrons. The molecule has 114 valence electrons. The van der Waals surface area contributed by atoms with Gasteiger partial charge in [0.1, 0.15) is 6.04 Å². The number of nitrogens with one attached hydrogen (secondary N) is 1. The summed E-state index contributed by atoms with van der Waals surface area (Å²) in [6, 6.07) is 2.57. The van der Waals surface area contributed by atoms with Gasteiger partial charge in [-0.25, -0.2) is 0 Å². The molecule has 0 aliphatic carbocycles. The molecule has 0 spiro atoms. The molecule has 1 aliphatic heterocycles. The van der Waals surface area contributed by atoms with E-state index in [1.807, 2.05) is 0 Å².